The van der Waals surface area contributed by atoms with E-state index in [0.717, 1.165) is 39.6 Å². The van der Waals surface area contributed by atoms with Crippen LogP contribution in [-0.2, 0) is 0 Å². The van der Waals surface area contributed by atoms with Crippen LogP contribution in [0.5, 0.6) is 0 Å². The van der Waals surface area contributed by atoms with Crippen LogP contribution >= 0.6 is 0 Å². The Kier molecular flexibility index (Phi) is 6.69. The third-order valence-electron chi connectivity index (χ3n) is 7.18. The summed E-state index contributed by atoms with van der Waals surface area (Å²) in [5.41, 5.74) is 7.53. The molecule has 0 heterocycles. The number of hydrogen-bond acceptors (Lipinski definition) is 4. The Hall–Kier alpha value is -5.42. The maximum Gasteiger partial charge on any atom is 0.269 e. The Morgan fingerprint density at radius 1 is 0.525 bits per heavy atom. The third kappa shape index (κ3) is 4.88. The molecular formula is C35H27N3O2. The van der Waals surface area contributed by atoms with Crippen molar-refractivity contribution in [3.05, 3.63) is 156 Å². The minimum absolute atomic E-state index is 0.0854. The number of rotatable bonds is 7. The molecule has 0 spiro atoms. The lowest BCUT2D eigenvalue weighted by Crippen LogP contribution is -2.10. The van der Waals surface area contributed by atoms with Gasteiger partial charge >= 0.3 is 0 Å². The van der Waals surface area contributed by atoms with Gasteiger partial charge in [-0.2, -0.15) is 0 Å². The smallest absolute Gasteiger partial charge is 0.269 e. The lowest BCUT2D eigenvalue weighted by molar-refractivity contribution is -0.384. The topological polar surface area (TPSA) is 49.6 Å². The van der Waals surface area contributed by atoms with Crippen LogP contribution in [0, 0.1) is 10.1 Å². The van der Waals surface area contributed by atoms with Crippen molar-refractivity contribution < 1.29 is 4.92 Å². The van der Waals surface area contributed by atoms with Gasteiger partial charge in [-0.3, -0.25) is 10.1 Å². The molecular weight excluding hydrogens is 494 g/mol. The summed E-state index contributed by atoms with van der Waals surface area (Å²) >= 11 is 0. The van der Waals surface area contributed by atoms with Crippen LogP contribution < -0.4 is 9.80 Å². The van der Waals surface area contributed by atoms with Gasteiger partial charge in [-0.25, -0.2) is 0 Å². The summed E-state index contributed by atoms with van der Waals surface area (Å²) in [5, 5.41) is 13.4. The fraction of sp³-hybridized carbons (Fsp3) is 0.0286. The largest absolute Gasteiger partial charge is 0.345 e. The van der Waals surface area contributed by atoms with E-state index in [0.29, 0.717) is 0 Å². The molecule has 0 aromatic heterocycles. The van der Waals surface area contributed by atoms with Crippen molar-refractivity contribution in [3.8, 4) is 11.1 Å². The number of anilines is 5. The fourth-order valence-corrected chi connectivity index (χ4v) is 5.04. The number of non-ortho nitro benzene ring substituents is 1. The predicted octanol–water partition coefficient (Wildman–Crippen LogP) is 9.65. The Bertz CT molecular complexity index is 1760. The van der Waals surface area contributed by atoms with Gasteiger partial charge in [0.05, 0.1) is 10.6 Å². The molecule has 6 aromatic carbocycles. The van der Waals surface area contributed by atoms with E-state index in [2.05, 4.69) is 120 Å². The molecule has 194 valence electrons. The number of fused-ring (bicyclic) bond motifs is 1. The first-order valence-corrected chi connectivity index (χ1v) is 13.1. The van der Waals surface area contributed by atoms with Crippen LogP contribution in [0.15, 0.2) is 146 Å². The summed E-state index contributed by atoms with van der Waals surface area (Å²) < 4.78 is 0. The minimum Gasteiger partial charge on any atom is -0.345 e. The van der Waals surface area contributed by atoms with Gasteiger partial charge in [0.15, 0.2) is 0 Å². The third-order valence-corrected chi connectivity index (χ3v) is 7.18. The molecule has 0 amide bonds. The lowest BCUT2D eigenvalue weighted by Gasteiger charge is -2.27. The van der Waals surface area contributed by atoms with E-state index >= 15 is 0 Å². The molecule has 0 fully saturated rings. The Balaban J connectivity index is 1.29. The summed E-state index contributed by atoms with van der Waals surface area (Å²) in [6.07, 6.45) is 0. The van der Waals surface area contributed by atoms with Crippen molar-refractivity contribution in [2.75, 3.05) is 16.8 Å². The van der Waals surface area contributed by atoms with E-state index < -0.39 is 0 Å². The zero-order valence-electron chi connectivity index (χ0n) is 22.0. The lowest BCUT2D eigenvalue weighted by atomic mass is 10.0. The maximum atomic E-state index is 11.0. The predicted molar refractivity (Wildman–Crippen MR) is 165 cm³/mol. The summed E-state index contributed by atoms with van der Waals surface area (Å²) in [7, 11) is 1.95. The van der Waals surface area contributed by atoms with E-state index in [9.17, 15) is 10.1 Å². The summed E-state index contributed by atoms with van der Waals surface area (Å²) in [6.45, 7) is 0. The number of benzene rings is 6. The number of nitro groups is 1. The molecule has 0 N–H and O–H groups in total. The highest BCUT2D eigenvalue weighted by Gasteiger charge is 2.15. The molecule has 0 saturated carbocycles. The Morgan fingerprint density at radius 2 is 1.02 bits per heavy atom. The zero-order valence-corrected chi connectivity index (χ0v) is 22.0. The van der Waals surface area contributed by atoms with Gasteiger partial charge in [-0.15, -0.1) is 0 Å². The second-order valence-corrected chi connectivity index (χ2v) is 9.60. The molecule has 40 heavy (non-hydrogen) atoms. The standard InChI is InChI=1S/C35H27N3O2/c1-36(30-22-24-33(25-23-30)38(39)40)29-18-14-26(15-19-29)27-16-20-32(21-17-27)37(31-10-3-2-4-11-31)35-13-7-9-28-8-5-6-12-34(28)35/h2-25H,1H3. The van der Waals surface area contributed by atoms with Crippen molar-refractivity contribution in [1.29, 1.82) is 0 Å². The fourth-order valence-electron chi connectivity index (χ4n) is 5.04. The van der Waals surface area contributed by atoms with Crippen molar-refractivity contribution >= 4 is 44.9 Å². The van der Waals surface area contributed by atoms with Crippen LogP contribution in [-0.4, -0.2) is 12.0 Å². The van der Waals surface area contributed by atoms with Gasteiger partial charge < -0.3 is 9.80 Å². The van der Waals surface area contributed by atoms with Gasteiger partial charge in [0.2, 0.25) is 0 Å². The van der Waals surface area contributed by atoms with Crippen LogP contribution in [0.4, 0.5) is 34.1 Å². The number of para-hydroxylation sites is 1. The van der Waals surface area contributed by atoms with E-state index in [1.54, 1.807) is 12.1 Å². The van der Waals surface area contributed by atoms with Crippen LogP contribution in [0.25, 0.3) is 21.9 Å². The average Bonchev–Trinajstić information content (AvgIpc) is 3.02. The van der Waals surface area contributed by atoms with E-state index in [4.69, 9.17) is 0 Å². The first kappa shape index (κ1) is 24.9. The molecule has 0 bridgehead atoms. The van der Waals surface area contributed by atoms with Crippen molar-refractivity contribution in [3.63, 3.8) is 0 Å². The Morgan fingerprint density at radius 3 is 1.65 bits per heavy atom. The highest BCUT2D eigenvalue weighted by Crippen LogP contribution is 2.39. The van der Waals surface area contributed by atoms with Crippen LogP contribution in [0.3, 0.4) is 0 Å². The second-order valence-electron chi connectivity index (χ2n) is 9.60. The normalized spacial score (nSPS) is 10.8. The Labute approximate surface area is 233 Å². The molecule has 0 atom stereocenters. The minimum atomic E-state index is -0.384. The average molecular weight is 522 g/mol. The number of hydrogen-bond donors (Lipinski definition) is 0. The molecule has 0 aliphatic heterocycles. The quantitative estimate of drug-likeness (QED) is 0.155. The second kappa shape index (κ2) is 10.8. The monoisotopic (exact) mass is 521 g/mol. The molecule has 0 saturated heterocycles. The maximum absolute atomic E-state index is 11.0. The van der Waals surface area contributed by atoms with Crippen molar-refractivity contribution in [1.82, 2.24) is 0 Å². The van der Waals surface area contributed by atoms with Gasteiger partial charge in [0.25, 0.3) is 5.69 Å². The molecule has 0 radical (unpaired) electrons. The zero-order chi connectivity index (χ0) is 27.5. The molecule has 5 nitrogen and oxygen atoms in total. The molecule has 0 unspecified atom stereocenters. The molecule has 6 rings (SSSR count). The van der Waals surface area contributed by atoms with Crippen molar-refractivity contribution in [2.45, 2.75) is 0 Å². The van der Waals surface area contributed by atoms with Gasteiger partial charge in [-0.05, 0) is 71.1 Å². The molecule has 0 aliphatic carbocycles. The highest BCUT2D eigenvalue weighted by atomic mass is 16.6. The van der Waals surface area contributed by atoms with Gasteiger partial charge in [0.1, 0.15) is 0 Å². The molecule has 0 aliphatic rings. The molecule has 6 aromatic rings. The van der Waals surface area contributed by atoms with E-state index in [1.165, 1.54) is 22.9 Å². The number of nitro benzene ring substituents is 1. The van der Waals surface area contributed by atoms with Crippen molar-refractivity contribution in [2.24, 2.45) is 0 Å². The number of nitrogens with zero attached hydrogens (tertiary/aromatic N) is 3. The van der Waals surface area contributed by atoms with Gasteiger partial charge in [-0.1, -0.05) is 78.9 Å². The first-order valence-electron chi connectivity index (χ1n) is 13.1. The van der Waals surface area contributed by atoms with E-state index in [1.807, 2.05) is 18.0 Å². The van der Waals surface area contributed by atoms with Crippen LogP contribution in [0.2, 0.25) is 0 Å². The van der Waals surface area contributed by atoms with Gasteiger partial charge in [0, 0.05) is 47.3 Å². The molecule has 5 heteroatoms. The van der Waals surface area contributed by atoms with Crippen LogP contribution in [0.1, 0.15) is 0 Å². The highest BCUT2D eigenvalue weighted by molar-refractivity contribution is 5.98. The summed E-state index contributed by atoms with van der Waals surface area (Å²) in [5.74, 6) is 0. The summed E-state index contributed by atoms with van der Waals surface area (Å²) in [6, 6.07) is 48.9. The van der Waals surface area contributed by atoms with E-state index in [-0.39, 0.29) is 10.6 Å². The SMILES string of the molecule is CN(c1ccc(-c2ccc(N(c3ccccc3)c3cccc4ccccc34)cc2)cc1)c1ccc([N+](=O)[O-])cc1. The first-order chi connectivity index (χ1) is 19.6. The summed E-state index contributed by atoms with van der Waals surface area (Å²) in [4.78, 5) is 14.9.